The second-order valence-electron chi connectivity index (χ2n) is 3.45. The molecule has 0 spiro atoms. The predicted molar refractivity (Wildman–Crippen MR) is 79.2 cm³/mol. The zero-order valence-electron chi connectivity index (χ0n) is 10.4. The lowest BCUT2D eigenvalue weighted by Gasteiger charge is -2.12. The van der Waals surface area contributed by atoms with E-state index in [0.717, 1.165) is 0 Å². The minimum absolute atomic E-state index is 0.329. The molecule has 0 saturated heterocycles. The fourth-order valence-electron chi connectivity index (χ4n) is 1.26. The van der Waals surface area contributed by atoms with Gasteiger partial charge in [-0.05, 0) is 40.3 Å². The maximum Gasteiger partial charge on any atom is 0.341 e. The van der Waals surface area contributed by atoms with E-state index >= 15 is 0 Å². The molecule has 0 heterocycles. The number of aliphatic carboxylic acids is 1. The maximum atomic E-state index is 10.5. The first-order valence-electron chi connectivity index (χ1n) is 5.24. The molecular formula is C11H12IN3O5. The van der Waals surface area contributed by atoms with Crippen molar-refractivity contribution in [2.24, 2.45) is 10.8 Å². The van der Waals surface area contributed by atoms with E-state index in [2.05, 4.69) is 10.5 Å². The zero-order valence-corrected chi connectivity index (χ0v) is 12.6. The number of amides is 2. The van der Waals surface area contributed by atoms with Crippen LogP contribution in [0.4, 0.5) is 4.79 Å². The number of hydrazone groups is 1. The van der Waals surface area contributed by atoms with E-state index in [0.29, 0.717) is 20.6 Å². The topological polar surface area (TPSA) is 123 Å². The third kappa shape index (κ3) is 4.91. The molecule has 2 amide bonds. The number of rotatable bonds is 6. The average molecular weight is 393 g/mol. The van der Waals surface area contributed by atoms with Crippen LogP contribution >= 0.6 is 22.6 Å². The van der Waals surface area contributed by atoms with Crippen LogP contribution in [0.2, 0.25) is 0 Å². The Labute approximate surface area is 128 Å². The molecule has 0 atom stereocenters. The molecular weight excluding hydrogens is 381 g/mol. The van der Waals surface area contributed by atoms with Crippen LogP contribution < -0.4 is 20.6 Å². The molecule has 0 aromatic heterocycles. The van der Waals surface area contributed by atoms with Crippen LogP contribution in [0.1, 0.15) is 5.56 Å². The summed E-state index contributed by atoms with van der Waals surface area (Å²) in [7, 11) is 1.43. The number of methoxy groups -OCH3 is 1. The summed E-state index contributed by atoms with van der Waals surface area (Å²) in [6, 6.07) is 2.50. The van der Waals surface area contributed by atoms with E-state index in [1.54, 1.807) is 12.1 Å². The van der Waals surface area contributed by atoms with Crippen molar-refractivity contribution in [1.82, 2.24) is 5.43 Å². The number of carbonyl (C=O) groups excluding carboxylic acids is 1. The second-order valence-corrected chi connectivity index (χ2v) is 4.61. The van der Waals surface area contributed by atoms with Crippen molar-refractivity contribution in [3.05, 3.63) is 21.3 Å². The number of ether oxygens (including phenoxy) is 2. The highest BCUT2D eigenvalue weighted by molar-refractivity contribution is 14.1. The van der Waals surface area contributed by atoms with Gasteiger partial charge in [-0.25, -0.2) is 15.0 Å². The van der Waals surface area contributed by atoms with E-state index in [1.807, 2.05) is 22.6 Å². The summed E-state index contributed by atoms with van der Waals surface area (Å²) in [5, 5.41) is 12.2. The van der Waals surface area contributed by atoms with Crippen LogP contribution in [0.15, 0.2) is 17.2 Å². The Bertz CT molecular complexity index is 547. The molecule has 0 bridgehead atoms. The van der Waals surface area contributed by atoms with Crippen LogP contribution in [0.5, 0.6) is 11.5 Å². The molecule has 108 valence electrons. The van der Waals surface area contributed by atoms with Crippen molar-refractivity contribution in [3.63, 3.8) is 0 Å². The van der Waals surface area contributed by atoms with Gasteiger partial charge in [0.1, 0.15) is 0 Å². The van der Waals surface area contributed by atoms with Crippen molar-refractivity contribution in [2.75, 3.05) is 13.7 Å². The van der Waals surface area contributed by atoms with Crippen molar-refractivity contribution in [3.8, 4) is 11.5 Å². The summed E-state index contributed by atoms with van der Waals surface area (Å²) >= 11 is 1.98. The largest absolute Gasteiger partial charge is 0.493 e. The zero-order chi connectivity index (χ0) is 15.1. The van der Waals surface area contributed by atoms with Gasteiger partial charge in [0.05, 0.1) is 16.9 Å². The third-order valence-electron chi connectivity index (χ3n) is 1.98. The van der Waals surface area contributed by atoms with Gasteiger partial charge in [-0.1, -0.05) is 0 Å². The lowest BCUT2D eigenvalue weighted by atomic mass is 10.2. The summed E-state index contributed by atoms with van der Waals surface area (Å²) in [6.07, 6.45) is 1.37. The van der Waals surface area contributed by atoms with Gasteiger partial charge in [0.2, 0.25) is 0 Å². The number of carbonyl (C=O) groups is 2. The van der Waals surface area contributed by atoms with Crippen LogP contribution in [0, 0.1) is 3.57 Å². The number of hydrogen-bond acceptors (Lipinski definition) is 5. The summed E-state index contributed by atoms with van der Waals surface area (Å²) in [5.41, 5.74) is 7.56. The number of hydrogen-bond donors (Lipinski definition) is 3. The van der Waals surface area contributed by atoms with Crippen molar-refractivity contribution < 1.29 is 24.2 Å². The Balaban J connectivity index is 2.97. The third-order valence-corrected chi connectivity index (χ3v) is 2.78. The molecule has 8 nitrogen and oxygen atoms in total. The lowest BCUT2D eigenvalue weighted by Crippen LogP contribution is -2.24. The van der Waals surface area contributed by atoms with Gasteiger partial charge in [0.25, 0.3) is 0 Å². The SMILES string of the molecule is COc1cc(/C=N\NC(N)=O)cc(I)c1OCC(=O)O. The predicted octanol–water partition coefficient (Wildman–Crippen LogP) is 0.765. The van der Waals surface area contributed by atoms with Crippen LogP contribution in [-0.4, -0.2) is 37.0 Å². The first-order valence-corrected chi connectivity index (χ1v) is 6.32. The number of urea groups is 1. The van der Waals surface area contributed by atoms with Gasteiger partial charge in [-0.3, -0.25) is 0 Å². The van der Waals surface area contributed by atoms with Gasteiger partial charge in [-0.15, -0.1) is 0 Å². The fraction of sp³-hybridized carbons (Fsp3) is 0.182. The highest BCUT2D eigenvalue weighted by Gasteiger charge is 2.12. The standard InChI is InChI=1S/C11H12IN3O5/c1-19-8-3-6(4-14-15-11(13)18)2-7(12)10(8)20-5-9(16)17/h2-4H,5H2,1H3,(H,16,17)(H3,13,15,18)/b14-4-. The lowest BCUT2D eigenvalue weighted by molar-refractivity contribution is -0.139. The summed E-state index contributed by atoms with van der Waals surface area (Å²) in [4.78, 5) is 21.0. The summed E-state index contributed by atoms with van der Waals surface area (Å²) < 4.78 is 10.9. The molecule has 4 N–H and O–H groups in total. The summed E-state index contributed by atoms with van der Waals surface area (Å²) in [5.74, 6) is -0.395. The minimum Gasteiger partial charge on any atom is -0.493 e. The van der Waals surface area contributed by atoms with Gasteiger partial charge in [0.15, 0.2) is 18.1 Å². The Morgan fingerprint density at radius 2 is 2.25 bits per heavy atom. The number of nitrogens with zero attached hydrogens (tertiary/aromatic N) is 1. The van der Waals surface area contributed by atoms with Crippen LogP contribution in [-0.2, 0) is 4.79 Å². The van der Waals surface area contributed by atoms with Crippen molar-refractivity contribution >= 4 is 40.8 Å². The van der Waals surface area contributed by atoms with E-state index in [-0.39, 0.29) is 0 Å². The molecule has 1 aromatic carbocycles. The molecule has 1 aromatic rings. The van der Waals surface area contributed by atoms with E-state index < -0.39 is 18.6 Å². The molecule has 9 heteroatoms. The number of halogens is 1. The van der Waals surface area contributed by atoms with E-state index in [1.165, 1.54) is 13.3 Å². The fourth-order valence-corrected chi connectivity index (χ4v) is 2.04. The first-order chi connectivity index (χ1) is 9.43. The molecule has 20 heavy (non-hydrogen) atoms. The Morgan fingerprint density at radius 1 is 1.55 bits per heavy atom. The molecule has 0 radical (unpaired) electrons. The molecule has 0 saturated carbocycles. The molecule has 0 aliphatic rings. The molecule has 0 aliphatic heterocycles. The minimum atomic E-state index is -1.08. The Kier molecular flexibility index (Phi) is 6.03. The van der Waals surface area contributed by atoms with Gasteiger partial charge < -0.3 is 20.3 Å². The second kappa shape index (κ2) is 7.53. The van der Waals surface area contributed by atoms with Gasteiger partial charge in [-0.2, -0.15) is 5.10 Å². The highest BCUT2D eigenvalue weighted by atomic mass is 127. The Morgan fingerprint density at radius 3 is 2.80 bits per heavy atom. The van der Waals surface area contributed by atoms with Crippen LogP contribution in [0.3, 0.4) is 0 Å². The Hall–Kier alpha value is -2.04. The highest BCUT2D eigenvalue weighted by Crippen LogP contribution is 2.33. The monoisotopic (exact) mass is 393 g/mol. The van der Waals surface area contributed by atoms with E-state index in [9.17, 15) is 9.59 Å². The number of carboxylic acids is 1. The normalized spacial score (nSPS) is 10.3. The van der Waals surface area contributed by atoms with Gasteiger partial charge in [0, 0.05) is 0 Å². The summed E-state index contributed by atoms with van der Waals surface area (Å²) in [6.45, 7) is -0.469. The van der Waals surface area contributed by atoms with Crippen molar-refractivity contribution in [2.45, 2.75) is 0 Å². The van der Waals surface area contributed by atoms with Gasteiger partial charge >= 0.3 is 12.0 Å². The smallest absolute Gasteiger partial charge is 0.341 e. The number of nitrogens with one attached hydrogen (secondary N) is 1. The molecule has 0 unspecified atom stereocenters. The van der Waals surface area contributed by atoms with E-state index in [4.69, 9.17) is 20.3 Å². The molecule has 1 rings (SSSR count). The molecule has 0 aliphatic carbocycles. The number of benzene rings is 1. The first kappa shape index (κ1) is 16.0. The maximum absolute atomic E-state index is 10.5. The van der Waals surface area contributed by atoms with Crippen LogP contribution in [0.25, 0.3) is 0 Å². The average Bonchev–Trinajstić information content (AvgIpc) is 2.36. The molecule has 0 fully saturated rings. The number of nitrogens with two attached hydrogens (primary N) is 1. The number of primary amides is 1. The number of carboxylic acid groups (broad SMARTS) is 1. The van der Waals surface area contributed by atoms with Crippen molar-refractivity contribution in [1.29, 1.82) is 0 Å². The quantitative estimate of drug-likeness (QED) is 0.374.